The van der Waals surface area contributed by atoms with Gasteiger partial charge in [-0.3, -0.25) is 4.98 Å². The van der Waals surface area contributed by atoms with Crippen LogP contribution >= 0.6 is 0 Å². The number of nitrogens with zero attached hydrogens (tertiary/aromatic N) is 1. The quantitative estimate of drug-likeness (QED) is 0.893. The van der Waals surface area contributed by atoms with Crippen LogP contribution in [0.25, 0.3) is 0 Å². The van der Waals surface area contributed by atoms with E-state index in [0.29, 0.717) is 12.0 Å². The van der Waals surface area contributed by atoms with Gasteiger partial charge in [-0.05, 0) is 56.7 Å². The van der Waals surface area contributed by atoms with Crippen LogP contribution in [0.5, 0.6) is 0 Å². The molecule has 1 aliphatic heterocycles. The molecule has 2 heterocycles. The number of aromatic nitrogens is 1. The summed E-state index contributed by atoms with van der Waals surface area (Å²) in [5, 5.41) is 3.74. The average molecular weight is 288 g/mol. The van der Waals surface area contributed by atoms with Crippen LogP contribution < -0.4 is 5.32 Å². The summed E-state index contributed by atoms with van der Waals surface area (Å²) in [6.45, 7) is 4.21. The maximum atomic E-state index is 6.20. The first-order valence-electron chi connectivity index (χ1n) is 8.61. The molecule has 1 N–H and O–H groups in total. The highest BCUT2D eigenvalue weighted by Crippen LogP contribution is 2.45. The van der Waals surface area contributed by atoms with Gasteiger partial charge >= 0.3 is 0 Å². The smallest absolute Gasteiger partial charge is 0.0686 e. The van der Waals surface area contributed by atoms with Gasteiger partial charge in [0.15, 0.2) is 0 Å². The number of hydrogen-bond donors (Lipinski definition) is 1. The number of nitrogens with one attached hydrogen (secondary N) is 1. The fourth-order valence-electron chi connectivity index (χ4n) is 4.09. The van der Waals surface area contributed by atoms with Crippen LogP contribution in [-0.2, 0) is 4.74 Å². The van der Waals surface area contributed by atoms with E-state index in [2.05, 4.69) is 29.4 Å². The highest BCUT2D eigenvalue weighted by Gasteiger charge is 2.42. The van der Waals surface area contributed by atoms with Gasteiger partial charge in [0, 0.05) is 12.8 Å². The van der Waals surface area contributed by atoms with Crippen molar-refractivity contribution in [3.8, 4) is 0 Å². The first kappa shape index (κ1) is 15.0. The Balaban J connectivity index is 1.75. The molecule has 0 aromatic carbocycles. The van der Waals surface area contributed by atoms with Gasteiger partial charge in [-0.1, -0.05) is 25.8 Å². The van der Waals surface area contributed by atoms with E-state index in [9.17, 15) is 0 Å². The summed E-state index contributed by atoms with van der Waals surface area (Å²) >= 11 is 0. The number of rotatable bonds is 5. The van der Waals surface area contributed by atoms with Crippen molar-refractivity contribution in [2.75, 3.05) is 13.2 Å². The Morgan fingerprint density at radius 3 is 2.95 bits per heavy atom. The average Bonchev–Trinajstić information content (AvgIpc) is 2.97. The topological polar surface area (TPSA) is 34.2 Å². The zero-order valence-corrected chi connectivity index (χ0v) is 13.2. The molecule has 1 aliphatic carbocycles. The third kappa shape index (κ3) is 3.46. The van der Waals surface area contributed by atoms with Crippen LogP contribution in [0.2, 0.25) is 0 Å². The van der Waals surface area contributed by atoms with E-state index < -0.39 is 0 Å². The highest BCUT2D eigenvalue weighted by atomic mass is 16.5. The minimum atomic E-state index is 0.184. The van der Waals surface area contributed by atoms with Crippen LogP contribution in [0, 0.1) is 5.92 Å². The lowest BCUT2D eigenvalue weighted by Crippen LogP contribution is -2.42. The molecule has 2 unspecified atom stereocenters. The van der Waals surface area contributed by atoms with Crippen molar-refractivity contribution in [3.63, 3.8) is 0 Å². The molecule has 2 aliphatic rings. The van der Waals surface area contributed by atoms with Crippen LogP contribution in [0.3, 0.4) is 0 Å². The molecule has 21 heavy (non-hydrogen) atoms. The fraction of sp³-hybridized carbons (Fsp3) is 0.722. The standard InChI is InChI=1S/C18H28N2O/c1-2-11-20-17(16-7-3-6-12-19-16)15-8-13-21-18(14-15)9-4-5-10-18/h3,6-7,12,15,17,20H,2,4-5,8-11,13-14H2,1H3. The molecule has 2 fully saturated rings. The summed E-state index contributed by atoms with van der Waals surface area (Å²) in [6.07, 6.45) is 10.6. The summed E-state index contributed by atoms with van der Waals surface area (Å²) in [6, 6.07) is 6.66. The van der Waals surface area contributed by atoms with Gasteiger partial charge in [-0.15, -0.1) is 0 Å². The summed E-state index contributed by atoms with van der Waals surface area (Å²) in [5.41, 5.74) is 1.38. The molecule has 3 rings (SSSR count). The second-order valence-electron chi connectivity index (χ2n) is 6.68. The van der Waals surface area contributed by atoms with Crippen molar-refractivity contribution < 1.29 is 4.74 Å². The van der Waals surface area contributed by atoms with Crippen LogP contribution in [0.15, 0.2) is 24.4 Å². The molecular formula is C18H28N2O. The Kier molecular flexibility index (Phi) is 4.91. The largest absolute Gasteiger partial charge is 0.375 e. The molecule has 3 nitrogen and oxygen atoms in total. The van der Waals surface area contributed by atoms with Gasteiger partial charge in [0.1, 0.15) is 0 Å². The lowest BCUT2D eigenvalue weighted by Gasteiger charge is -2.41. The van der Waals surface area contributed by atoms with Gasteiger partial charge in [0.2, 0.25) is 0 Å². The maximum Gasteiger partial charge on any atom is 0.0686 e. The SMILES string of the molecule is CCCNC(c1ccccn1)C1CCOC2(CCCC2)C1. The Hall–Kier alpha value is -0.930. The zero-order chi connectivity index (χ0) is 14.5. The van der Waals surface area contributed by atoms with Gasteiger partial charge in [-0.25, -0.2) is 0 Å². The van der Waals surface area contributed by atoms with Gasteiger partial charge in [-0.2, -0.15) is 0 Å². The predicted molar refractivity (Wildman–Crippen MR) is 85.1 cm³/mol. The Labute approximate surface area is 128 Å². The molecule has 0 amide bonds. The molecule has 3 heteroatoms. The zero-order valence-electron chi connectivity index (χ0n) is 13.2. The summed E-state index contributed by atoms with van der Waals surface area (Å²) in [5.74, 6) is 0.651. The first-order chi connectivity index (χ1) is 10.3. The number of ether oxygens (including phenoxy) is 1. The van der Waals surface area contributed by atoms with E-state index in [1.165, 1.54) is 37.8 Å². The summed E-state index contributed by atoms with van der Waals surface area (Å²) in [7, 11) is 0. The van der Waals surface area contributed by atoms with E-state index in [0.717, 1.165) is 26.0 Å². The van der Waals surface area contributed by atoms with Crippen molar-refractivity contribution in [2.45, 2.75) is 63.5 Å². The van der Waals surface area contributed by atoms with Crippen molar-refractivity contribution in [2.24, 2.45) is 5.92 Å². The molecule has 1 aromatic heterocycles. The molecule has 0 bridgehead atoms. The molecule has 1 aromatic rings. The Morgan fingerprint density at radius 1 is 1.38 bits per heavy atom. The molecule has 1 saturated carbocycles. The third-order valence-electron chi connectivity index (χ3n) is 5.14. The second-order valence-corrected chi connectivity index (χ2v) is 6.68. The lowest BCUT2D eigenvalue weighted by atomic mass is 9.79. The predicted octanol–water partition coefficient (Wildman–Crippen LogP) is 3.86. The number of hydrogen-bond acceptors (Lipinski definition) is 3. The van der Waals surface area contributed by atoms with Crippen molar-refractivity contribution in [3.05, 3.63) is 30.1 Å². The summed E-state index contributed by atoms with van der Waals surface area (Å²) in [4.78, 5) is 4.62. The normalized spacial score (nSPS) is 26.0. The minimum absolute atomic E-state index is 0.184. The fourth-order valence-corrected chi connectivity index (χ4v) is 4.09. The molecular weight excluding hydrogens is 260 g/mol. The Bertz CT molecular complexity index is 428. The van der Waals surface area contributed by atoms with Crippen molar-refractivity contribution in [1.82, 2.24) is 10.3 Å². The molecule has 2 atom stereocenters. The van der Waals surface area contributed by atoms with Gasteiger partial charge in [0.05, 0.1) is 17.3 Å². The molecule has 0 radical (unpaired) electrons. The summed E-state index contributed by atoms with van der Waals surface area (Å²) < 4.78 is 6.20. The van der Waals surface area contributed by atoms with Crippen LogP contribution in [-0.4, -0.2) is 23.7 Å². The third-order valence-corrected chi connectivity index (χ3v) is 5.14. The highest BCUT2D eigenvalue weighted by molar-refractivity contribution is 5.11. The minimum Gasteiger partial charge on any atom is -0.375 e. The van der Waals surface area contributed by atoms with E-state index >= 15 is 0 Å². The van der Waals surface area contributed by atoms with Crippen molar-refractivity contribution in [1.29, 1.82) is 0 Å². The van der Waals surface area contributed by atoms with E-state index in [-0.39, 0.29) is 5.60 Å². The monoisotopic (exact) mass is 288 g/mol. The molecule has 1 saturated heterocycles. The molecule has 1 spiro atoms. The van der Waals surface area contributed by atoms with E-state index in [4.69, 9.17) is 4.74 Å². The van der Waals surface area contributed by atoms with E-state index in [1.54, 1.807) is 0 Å². The van der Waals surface area contributed by atoms with Crippen LogP contribution in [0.4, 0.5) is 0 Å². The Morgan fingerprint density at radius 2 is 2.24 bits per heavy atom. The van der Waals surface area contributed by atoms with Gasteiger partial charge in [0.25, 0.3) is 0 Å². The maximum absolute atomic E-state index is 6.20. The first-order valence-corrected chi connectivity index (χ1v) is 8.61. The van der Waals surface area contributed by atoms with Crippen LogP contribution in [0.1, 0.15) is 63.6 Å². The van der Waals surface area contributed by atoms with Crippen molar-refractivity contribution >= 4 is 0 Å². The molecule has 116 valence electrons. The van der Waals surface area contributed by atoms with Gasteiger partial charge < -0.3 is 10.1 Å². The lowest BCUT2D eigenvalue weighted by molar-refractivity contribution is -0.0984. The number of pyridine rings is 1. The van der Waals surface area contributed by atoms with E-state index in [1.807, 2.05) is 12.3 Å². The second kappa shape index (κ2) is 6.89.